The first kappa shape index (κ1) is 27.4. The maximum Gasteiger partial charge on any atom is 0.407 e. The molecule has 0 aromatic carbocycles. The van der Waals surface area contributed by atoms with E-state index in [4.69, 9.17) is 4.74 Å². The van der Waals surface area contributed by atoms with Crippen molar-refractivity contribution >= 4 is 36.0 Å². The second-order valence-corrected chi connectivity index (χ2v) is 7.91. The molecule has 0 saturated carbocycles. The third kappa shape index (κ3) is 15.5. The summed E-state index contributed by atoms with van der Waals surface area (Å²) in [6, 6.07) is 0.465. The molecule has 8 heteroatoms. The predicted molar refractivity (Wildman–Crippen MR) is 121 cm³/mol. The van der Waals surface area contributed by atoms with Gasteiger partial charge in [-0.15, -0.1) is 24.0 Å². The van der Waals surface area contributed by atoms with E-state index < -0.39 is 5.60 Å². The zero-order chi connectivity index (χ0) is 19.5. The van der Waals surface area contributed by atoms with Crippen LogP contribution in [0.5, 0.6) is 0 Å². The first-order chi connectivity index (χ1) is 11.5. The predicted octanol–water partition coefficient (Wildman–Crippen LogP) is 2.66. The molecule has 1 amide bonds. The van der Waals surface area contributed by atoms with E-state index >= 15 is 0 Å². The van der Waals surface area contributed by atoms with Crippen molar-refractivity contribution in [2.24, 2.45) is 10.9 Å². The average Bonchev–Trinajstić information content (AvgIpc) is 2.46. The van der Waals surface area contributed by atoms with Gasteiger partial charge in [-0.3, -0.25) is 4.99 Å². The van der Waals surface area contributed by atoms with Crippen molar-refractivity contribution in [3.63, 3.8) is 0 Å². The fourth-order valence-corrected chi connectivity index (χ4v) is 2.26. The molecular weight excluding hydrogens is 445 g/mol. The molecule has 7 nitrogen and oxygen atoms in total. The van der Waals surface area contributed by atoms with E-state index in [-0.39, 0.29) is 30.1 Å². The van der Waals surface area contributed by atoms with Gasteiger partial charge in [0, 0.05) is 32.7 Å². The molecule has 156 valence electrons. The Kier molecular flexibility index (Phi) is 15.1. The van der Waals surface area contributed by atoms with Gasteiger partial charge >= 0.3 is 6.09 Å². The number of carbonyl (C=O) groups excluding carboxylic acids is 1. The normalized spacial score (nSPS) is 13.2. The highest BCUT2D eigenvalue weighted by Crippen LogP contribution is 2.08. The van der Waals surface area contributed by atoms with Crippen LogP contribution in [-0.4, -0.2) is 69.4 Å². The SMILES string of the molecule is CN=C(NCCCNC(=O)OC(C)(C)C)NCC(CC(C)C)N(C)C.I. The van der Waals surface area contributed by atoms with Crippen molar-refractivity contribution in [1.82, 2.24) is 20.9 Å². The number of hydrogen-bond donors (Lipinski definition) is 3. The lowest BCUT2D eigenvalue weighted by molar-refractivity contribution is 0.0527. The molecule has 1 unspecified atom stereocenters. The molecule has 0 fully saturated rings. The van der Waals surface area contributed by atoms with Crippen LogP contribution in [-0.2, 0) is 4.74 Å². The minimum atomic E-state index is -0.465. The van der Waals surface area contributed by atoms with Crippen molar-refractivity contribution in [2.75, 3.05) is 40.8 Å². The van der Waals surface area contributed by atoms with Crippen LogP contribution in [0, 0.1) is 5.92 Å². The van der Waals surface area contributed by atoms with Crippen LogP contribution >= 0.6 is 24.0 Å². The van der Waals surface area contributed by atoms with E-state index in [0.29, 0.717) is 18.5 Å². The van der Waals surface area contributed by atoms with E-state index in [9.17, 15) is 4.79 Å². The Hall–Kier alpha value is -0.770. The molecule has 1 atom stereocenters. The number of carbonyl (C=O) groups is 1. The third-order valence-corrected chi connectivity index (χ3v) is 3.52. The van der Waals surface area contributed by atoms with E-state index in [1.807, 2.05) is 20.8 Å². The maximum absolute atomic E-state index is 11.5. The Morgan fingerprint density at radius 2 is 1.69 bits per heavy atom. The van der Waals surface area contributed by atoms with E-state index in [1.165, 1.54) is 0 Å². The summed E-state index contributed by atoms with van der Waals surface area (Å²) in [5.41, 5.74) is -0.465. The van der Waals surface area contributed by atoms with Crippen molar-refractivity contribution in [3.8, 4) is 0 Å². The zero-order valence-electron chi connectivity index (χ0n) is 17.8. The molecule has 0 aliphatic carbocycles. The lowest BCUT2D eigenvalue weighted by Gasteiger charge is -2.27. The quantitative estimate of drug-likeness (QED) is 0.203. The van der Waals surface area contributed by atoms with Crippen molar-refractivity contribution in [2.45, 2.75) is 59.1 Å². The number of rotatable bonds is 9. The molecule has 0 heterocycles. The van der Waals surface area contributed by atoms with E-state index in [2.05, 4.69) is 53.8 Å². The molecule has 0 aromatic rings. The molecule has 3 N–H and O–H groups in total. The highest BCUT2D eigenvalue weighted by Gasteiger charge is 2.15. The topological polar surface area (TPSA) is 78.0 Å². The van der Waals surface area contributed by atoms with Gasteiger partial charge in [0.15, 0.2) is 5.96 Å². The second-order valence-electron chi connectivity index (χ2n) is 7.91. The summed E-state index contributed by atoms with van der Waals surface area (Å²) in [5.74, 6) is 1.44. The van der Waals surface area contributed by atoms with Crippen LogP contribution in [0.25, 0.3) is 0 Å². The van der Waals surface area contributed by atoms with Gasteiger partial charge in [0.25, 0.3) is 0 Å². The van der Waals surface area contributed by atoms with Gasteiger partial charge in [0.2, 0.25) is 0 Å². The molecule has 26 heavy (non-hydrogen) atoms. The first-order valence-corrected chi connectivity index (χ1v) is 9.13. The highest BCUT2D eigenvalue weighted by molar-refractivity contribution is 14.0. The fourth-order valence-electron chi connectivity index (χ4n) is 2.26. The number of hydrogen-bond acceptors (Lipinski definition) is 4. The van der Waals surface area contributed by atoms with Gasteiger partial charge in [0.1, 0.15) is 5.60 Å². The van der Waals surface area contributed by atoms with Gasteiger partial charge in [0.05, 0.1) is 0 Å². The van der Waals surface area contributed by atoms with Crippen molar-refractivity contribution in [3.05, 3.63) is 0 Å². The Morgan fingerprint density at radius 1 is 1.12 bits per heavy atom. The Bertz CT molecular complexity index is 409. The lowest BCUT2D eigenvalue weighted by atomic mass is 10.0. The van der Waals surface area contributed by atoms with Crippen LogP contribution in [0.1, 0.15) is 47.5 Å². The van der Waals surface area contributed by atoms with Gasteiger partial charge in [-0.05, 0) is 53.6 Å². The van der Waals surface area contributed by atoms with E-state index in [0.717, 1.165) is 31.9 Å². The number of guanidine groups is 1. The van der Waals surface area contributed by atoms with Gasteiger partial charge in [-0.25, -0.2) is 4.79 Å². The molecule has 0 aliphatic heterocycles. The maximum atomic E-state index is 11.5. The van der Waals surface area contributed by atoms with Crippen LogP contribution in [0.4, 0.5) is 4.79 Å². The summed E-state index contributed by atoms with van der Waals surface area (Å²) in [7, 11) is 5.97. The molecular formula is C18H40IN5O2. The fraction of sp³-hybridized carbons (Fsp3) is 0.889. The number of likely N-dealkylation sites (N-methyl/N-ethyl adjacent to an activating group) is 1. The molecule has 0 bridgehead atoms. The van der Waals surface area contributed by atoms with Gasteiger partial charge in [-0.1, -0.05) is 13.8 Å². The minimum Gasteiger partial charge on any atom is -0.444 e. The number of amides is 1. The number of ether oxygens (including phenoxy) is 1. The number of nitrogens with zero attached hydrogens (tertiary/aromatic N) is 2. The molecule has 0 radical (unpaired) electrons. The standard InChI is InChI=1S/C18H39N5O2.HI/c1-14(2)12-15(23(7)8)13-22-16(19-6)20-10-9-11-21-17(24)25-18(3,4)5;/h14-15H,9-13H2,1-8H3,(H,21,24)(H2,19,20,22);1H. The molecule has 0 aromatic heterocycles. The van der Waals surface area contributed by atoms with Crippen LogP contribution in [0.15, 0.2) is 4.99 Å². The Morgan fingerprint density at radius 3 is 2.15 bits per heavy atom. The second kappa shape index (κ2) is 14.3. The van der Waals surface area contributed by atoms with Gasteiger partial charge < -0.3 is 25.6 Å². The average molecular weight is 485 g/mol. The summed E-state index contributed by atoms with van der Waals surface area (Å²) in [6.45, 7) is 12.2. The monoisotopic (exact) mass is 485 g/mol. The number of aliphatic imine (C=N–C) groups is 1. The molecule has 0 rings (SSSR count). The molecule has 0 spiro atoms. The van der Waals surface area contributed by atoms with Crippen LogP contribution < -0.4 is 16.0 Å². The van der Waals surface area contributed by atoms with Crippen LogP contribution in [0.3, 0.4) is 0 Å². The Labute approximate surface area is 177 Å². The smallest absolute Gasteiger partial charge is 0.407 e. The highest BCUT2D eigenvalue weighted by atomic mass is 127. The largest absolute Gasteiger partial charge is 0.444 e. The van der Waals surface area contributed by atoms with Crippen molar-refractivity contribution < 1.29 is 9.53 Å². The summed E-state index contributed by atoms with van der Waals surface area (Å²) >= 11 is 0. The summed E-state index contributed by atoms with van der Waals surface area (Å²) in [5, 5.41) is 9.39. The third-order valence-electron chi connectivity index (χ3n) is 3.52. The molecule has 0 aliphatic rings. The first-order valence-electron chi connectivity index (χ1n) is 9.13. The minimum absolute atomic E-state index is 0. The summed E-state index contributed by atoms with van der Waals surface area (Å²) in [6.07, 6.45) is 1.55. The Balaban J connectivity index is 0. The van der Waals surface area contributed by atoms with Crippen molar-refractivity contribution in [1.29, 1.82) is 0 Å². The van der Waals surface area contributed by atoms with Gasteiger partial charge in [-0.2, -0.15) is 0 Å². The lowest BCUT2D eigenvalue weighted by Crippen LogP contribution is -2.46. The number of nitrogens with one attached hydrogen (secondary N) is 3. The molecule has 0 saturated heterocycles. The summed E-state index contributed by atoms with van der Waals surface area (Å²) < 4.78 is 5.19. The van der Waals surface area contributed by atoms with Crippen LogP contribution in [0.2, 0.25) is 0 Å². The number of alkyl carbamates (subject to hydrolysis) is 1. The van der Waals surface area contributed by atoms with E-state index in [1.54, 1.807) is 7.05 Å². The number of halogens is 1. The summed E-state index contributed by atoms with van der Waals surface area (Å²) in [4.78, 5) is 18.0. The zero-order valence-corrected chi connectivity index (χ0v) is 20.1.